The van der Waals surface area contributed by atoms with Crippen molar-refractivity contribution in [1.29, 1.82) is 0 Å². The second-order valence-corrected chi connectivity index (χ2v) is 9.77. The zero-order valence-electron chi connectivity index (χ0n) is 20.0. The van der Waals surface area contributed by atoms with E-state index in [9.17, 15) is 19.7 Å². The van der Waals surface area contributed by atoms with Gasteiger partial charge in [-0.3, -0.25) is 19.5 Å². The van der Waals surface area contributed by atoms with Crippen LogP contribution >= 0.6 is 27.3 Å². The highest BCUT2D eigenvalue weighted by Crippen LogP contribution is 2.37. The standard InChI is InChI=1S/C26H22BrN3O6S/c1-4-11-36-23-17(27)12-15(13-19(23)30(33)34)14-20-24(31)29-22(16-9-7-6-8-10-16)21(25(32)35-3)18(5-2)28-26(29)37-20/h4,6-10,12-14,22H,1,5,11H2,2-3H3/b20-14+/t22-/m1/s1. The Bertz CT molecular complexity index is 1610. The lowest BCUT2D eigenvalue weighted by Gasteiger charge is -2.25. The monoisotopic (exact) mass is 583 g/mol. The molecule has 2 heterocycles. The summed E-state index contributed by atoms with van der Waals surface area (Å²) in [6.07, 6.45) is 3.51. The predicted octanol–water partition coefficient (Wildman–Crippen LogP) is 4.03. The van der Waals surface area contributed by atoms with Gasteiger partial charge < -0.3 is 9.47 Å². The van der Waals surface area contributed by atoms with Gasteiger partial charge in [-0.05, 0) is 45.6 Å². The van der Waals surface area contributed by atoms with Crippen molar-refractivity contribution in [1.82, 2.24) is 4.57 Å². The number of carbonyl (C=O) groups is 1. The van der Waals surface area contributed by atoms with Gasteiger partial charge in [0.05, 0.1) is 38.4 Å². The molecular weight excluding hydrogens is 562 g/mol. The number of hydrogen-bond acceptors (Lipinski definition) is 8. The zero-order chi connectivity index (χ0) is 26.7. The zero-order valence-corrected chi connectivity index (χ0v) is 22.4. The minimum atomic E-state index is -0.724. The lowest BCUT2D eigenvalue weighted by molar-refractivity contribution is -0.385. The number of aromatic nitrogens is 1. The predicted molar refractivity (Wildman–Crippen MR) is 143 cm³/mol. The molecule has 1 aromatic heterocycles. The van der Waals surface area contributed by atoms with Crippen molar-refractivity contribution in [2.45, 2.75) is 19.4 Å². The van der Waals surface area contributed by atoms with Crippen LogP contribution < -0.4 is 19.6 Å². The number of methoxy groups -OCH3 is 1. The third-order valence-corrected chi connectivity index (χ3v) is 7.22. The van der Waals surface area contributed by atoms with Crippen molar-refractivity contribution >= 4 is 45.0 Å². The van der Waals surface area contributed by atoms with Crippen molar-refractivity contribution in [3.63, 3.8) is 0 Å². The molecule has 4 rings (SSSR count). The van der Waals surface area contributed by atoms with Gasteiger partial charge in [0.1, 0.15) is 6.61 Å². The maximum Gasteiger partial charge on any atom is 0.338 e. The molecule has 0 fully saturated rings. The molecular formula is C26H22BrN3O6S. The number of allylic oxidation sites excluding steroid dienone is 1. The van der Waals surface area contributed by atoms with Gasteiger partial charge in [0.2, 0.25) is 5.75 Å². The number of benzene rings is 2. The highest BCUT2D eigenvalue weighted by molar-refractivity contribution is 9.10. The van der Waals surface area contributed by atoms with E-state index in [4.69, 9.17) is 9.47 Å². The van der Waals surface area contributed by atoms with Crippen LogP contribution in [0, 0.1) is 10.1 Å². The first kappa shape index (κ1) is 26.2. The largest absolute Gasteiger partial charge is 0.482 e. The molecule has 190 valence electrons. The molecule has 11 heteroatoms. The van der Waals surface area contributed by atoms with Crippen LogP contribution in [0.15, 0.2) is 80.6 Å². The number of nitrogens with zero attached hydrogens (tertiary/aromatic N) is 3. The van der Waals surface area contributed by atoms with Crippen LogP contribution in [0.1, 0.15) is 30.5 Å². The summed E-state index contributed by atoms with van der Waals surface area (Å²) in [5.74, 6) is -0.485. The summed E-state index contributed by atoms with van der Waals surface area (Å²) in [6.45, 7) is 5.54. The van der Waals surface area contributed by atoms with Gasteiger partial charge in [-0.15, -0.1) is 0 Å². The molecule has 0 amide bonds. The van der Waals surface area contributed by atoms with Crippen LogP contribution in [-0.4, -0.2) is 29.2 Å². The fraction of sp³-hybridized carbons (Fsp3) is 0.192. The van der Waals surface area contributed by atoms with E-state index in [2.05, 4.69) is 27.5 Å². The molecule has 0 spiro atoms. The number of ether oxygens (including phenoxy) is 2. The Labute approximate surface area is 224 Å². The van der Waals surface area contributed by atoms with Gasteiger partial charge in [0.25, 0.3) is 5.56 Å². The number of nitro benzene ring substituents is 1. The van der Waals surface area contributed by atoms with Crippen molar-refractivity contribution in [3.8, 4) is 5.75 Å². The number of rotatable bonds is 8. The maximum absolute atomic E-state index is 13.7. The van der Waals surface area contributed by atoms with E-state index in [0.717, 1.165) is 16.9 Å². The van der Waals surface area contributed by atoms with Gasteiger partial charge in [0, 0.05) is 6.07 Å². The molecule has 1 aliphatic rings. The molecule has 0 radical (unpaired) electrons. The van der Waals surface area contributed by atoms with Crippen LogP contribution in [0.25, 0.3) is 6.08 Å². The summed E-state index contributed by atoms with van der Waals surface area (Å²) < 4.78 is 12.7. The Morgan fingerprint density at radius 2 is 2.05 bits per heavy atom. The molecule has 0 N–H and O–H groups in total. The quantitative estimate of drug-likeness (QED) is 0.171. The Morgan fingerprint density at radius 1 is 1.32 bits per heavy atom. The first-order valence-electron chi connectivity index (χ1n) is 11.2. The normalized spacial score (nSPS) is 15.1. The van der Waals surface area contributed by atoms with Crippen molar-refractivity contribution in [3.05, 3.63) is 112 Å². The topological polar surface area (TPSA) is 113 Å². The fourth-order valence-electron chi connectivity index (χ4n) is 4.07. The summed E-state index contributed by atoms with van der Waals surface area (Å²) >= 11 is 4.48. The Kier molecular flexibility index (Phi) is 7.84. The average molecular weight is 584 g/mol. The third-order valence-electron chi connectivity index (χ3n) is 5.65. The van der Waals surface area contributed by atoms with Crippen LogP contribution in [0.3, 0.4) is 0 Å². The molecule has 1 aliphatic heterocycles. The van der Waals surface area contributed by atoms with Gasteiger partial charge >= 0.3 is 11.7 Å². The van der Waals surface area contributed by atoms with Gasteiger partial charge in [-0.2, -0.15) is 0 Å². The summed E-state index contributed by atoms with van der Waals surface area (Å²) in [4.78, 5) is 42.7. The molecule has 0 saturated carbocycles. The summed E-state index contributed by atoms with van der Waals surface area (Å²) in [6, 6.07) is 11.4. The number of hydrogen-bond donors (Lipinski definition) is 0. The number of fused-ring (bicyclic) bond motifs is 1. The molecule has 1 atom stereocenters. The lowest BCUT2D eigenvalue weighted by Crippen LogP contribution is -2.40. The molecule has 0 bridgehead atoms. The van der Waals surface area contributed by atoms with E-state index in [-0.39, 0.29) is 23.6 Å². The number of halogens is 1. The van der Waals surface area contributed by atoms with Crippen LogP contribution in [0.4, 0.5) is 5.69 Å². The molecule has 9 nitrogen and oxygen atoms in total. The van der Waals surface area contributed by atoms with Gasteiger partial charge in [-0.1, -0.05) is 61.2 Å². The van der Waals surface area contributed by atoms with Gasteiger partial charge in [-0.25, -0.2) is 9.79 Å². The minimum absolute atomic E-state index is 0.0721. The van der Waals surface area contributed by atoms with E-state index >= 15 is 0 Å². The minimum Gasteiger partial charge on any atom is -0.482 e. The van der Waals surface area contributed by atoms with Crippen molar-refractivity contribution in [2.24, 2.45) is 4.99 Å². The van der Waals surface area contributed by atoms with E-state index in [1.54, 1.807) is 12.1 Å². The second-order valence-electron chi connectivity index (χ2n) is 7.91. The van der Waals surface area contributed by atoms with Crippen LogP contribution in [-0.2, 0) is 9.53 Å². The van der Waals surface area contributed by atoms with E-state index in [0.29, 0.717) is 37.1 Å². The van der Waals surface area contributed by atoms with Gasteiger partial charge in [0.15, 0.2) is 4.80 Å². The van der Waals surface area contributed by atoms with Crippen molar-refractivity contribution in [2.75, 3.05) is 13.7 Å². The van der Waals surface area contributed by atoms with E-state index in [1.807, 2.05) is 37.3 Å². The smallest absolute Gasteiger partial charge is 0.338 e. The van der Waals surface area contributed by atoms with E-state index < -0.39 is 16.9 Å². The number of esters is 1. The van der Waals surface area contributed by atoms with Crippen LogP contribution in [0.2, 0.25) is 0 Å². The first-order valence-corrected chi connectivity index (χ1v) is 12.8. The molecule has 2 aromatic carbocycles. The fourth-order valence-corrected chi connectivity index (χ4v) is 5.67. The Morgan fingerprint density at radius 3 is 2.68 bits per heavy atom. The Hall–Kier alpha value is -3.83. The number of thiazole rings is 1. The molecule has 0 aliphatic carbocycles. The summed E-state index contributed by atoms with van der Waals surface area (Å²) in [5.41, 5.74) is 1.37. The summed E-state index contributed by atoms with van der Waals surface area (Å²) in [7, 11) is 1.29. The molecule has 3 aromatic rings. The highest BCUT2D eigenvalue weighted by atomic mass is 79.9. The molecule has 0 saturated heterocycles. The van der Waals surface area contributed by atoms with E-state index in [1.165, 1.54) is 23.8 Å². The number of carbonyl (C=O) groups excluding carboxylic acids is 1. The lowest BCUT2D eigenvalue weighted by atomic mass is 9.95. The van der Waals surface area contributed by atoms with Crippen molar-refractivity contribution < 1.29 is 19.2 Å². The maximum atomic E-state index is 13.7. The second kappa shape index (κ2) is 11.1. The Balaban J connectivity index is 1.95. The SMILES string of the molecule is C=CCOc1c(Br)cc(/C=c2/sc3n(c2=O)[C@H](c2ccccc2)C(C(=O)OC)=C(CC)N=3)cc1[N+](=O)[O-]. The first-order chi connectivity index (χ1) is 17.8. The van der Waals surface area contributed by atoms with Crippen LogP contribution in [0.5, 0.6) is 5.75 Å². The molecule has 0 unspecified atom stereocenters. The number of nitro groups is 1. The third kappa shape index (κ3) is 5.05. The molecule has 37 heavy (non-hydrogen) atoms. The average Bonchev–Trinajstić information content (AvgIpc) is 3.20. The highest BCUT2D eigenvalue weighted by Gasteiger charge is 2.33. The summed E-state index contributed by atoms with van der Waals surface area (Å²) in [5, 5.41) is 11.7.